The summed E-state index contributed by atoms with van der Waals surface area (Å²) >= 11 is 0. The zero-order valence-electron chi connectivity index (χ0n) is 12.2. The molecule has 1 N–H and O–H groups in total. The van der Waals surface area contributed by atoms with Gasteiger partial charge in [-0.3, -0.25) is 4.79 Å². The maximum Gasteiger partial charge on any atom is 0.344 e. The largest absolute Gasteiger partial charge is 0.482 e. The number of para-hydroxylation sites is 1. The Bertz CT molecular complexity index is 640. The van der Waals surface area contributed by atoms with Gasteiger partial charge in [-0.05, 0) is 36.8 Å². The summed E-state index contributed by atoms with van der Waals surface area (Å²) in [7, 11) is 0. The number of hydrogen-bond acceptors (Lipinski definition) is 4. The van der Waals surface area contributed by atoms with Crippen LogP contribution in [0.15, 0.2) is 54.6 Å². The lowest BCUT2D eigenvalue weighted by molar-refractivity contribution is -0.149. The number of nitrogens with one attached hydrogen (secondary N) is 1. The minimum atomic E-state index is -0.594. The Balaban J connectivity index is 1.70. The second kappa shape index (κ2) is 7.83. The molecule has 0 atom stereocenters. The lowest BCUT2D eigenvalue weighted by Crippen LogP contribution is -2.23. The highest BCUT2D eigenvalue weighted by Gasteiger charge is 2.08. The van der Waals surface area contributed by atoms with Gasteiger partial charge in [-0.1, -0.05) is 30.3 Å². The van der Waals surface area contributed by atoms with Gasteiger partial charge in [0.25, 0.3) is 5.91 Å². The number of amides is 1. The summed E-state index contributed by atoms with van der Waals surface area (Å²) < 4.78 is 10.1. The Kier molecular flexibility index (Phi) is 5.54. The molecule has 22 heavy (non-hydrogen) atoms. The minimum Gasteiger partial charge on any atom is -0.482 e. The van der Waals surface area contributed by atoms with Crippen LogP contribution < -0.4 is 10.1 Å². The van der Waals surface area contributed by atoms with Crippen LogP contribution in [0.5, 0.6) is 5.75 Å². The van der Waals surface area contributed by atoms with Crippen LogP contribution in [0.1, 0.15) is 5.56 Å². The van der Waals surface area contributed by atoms with Gasteiger partial charge in [0.2, 0.25) is 0 Å². The first-order valence-corrected chi connectivity index (χ1v) is 6.83. The normalized spacial score (nSPS) is 9.86. The third kappa shape index (κ3) is 5.28. The summed E-state index contributed by atoms with van der Waals surface area (Å²) in [5, 5.41) is 2.65. The van der Waals surface area contributed by atoms with Crippen LogP contribution in [0.25, 0.3) is 0 Å². The highest BCUT2D eigenvalue weighted by molar-refractivity contribution is 5.92. The molecule has 0 saturated heterocycles. The predicted molar refractivity (Wildman–Crippen MR) is 82.7 cm³/mol. The van der Waals surface area contributed by atoms with Crippen molar-refractivity contribution in [1.29, 1.82) is 0 Å². The molecule has 0 bridgehead atoms. The average Bonchev–Trinajstić information content (AvgIpc) is 2.52. The first-order valence-electron chi connectivity index (χ1n) is 6.83. The summed E-state index contributed by atoms with van der Waals surface area (Å²) in [6, 6.07) is 16.3. The van der Waals surface area contributed by atoms with Gasteiger partial charge in [-0.2, -0.15) is 0 Å². The van der Waals surface area contributed by atoms with Crippen molar-refractivity contribution in [1.82, 2.24) is 0 Å². The van der Waals surface area contributed by atoms with Gasteiger partial charge in [0.15, 0.2) is 13.2 Å². The Labute approximate surface area is 128 Å². The maximum absolute atomic E-state index is 11.7. The van der Waals surface area contributed by atoms with E-state index >= 15 is 0 Å². The molecular formula is C17H17NO4. The van der Waals surface area contributed by atoms with E-state index in [2.05, 4.69) is 5.32 Å². The van der Waals surface area contributed by atoms with Crippen LogP contribution in [0.4, 0.5) is 5.69 Å². The van der Waals surface area contributed by atoms with Crippen molar-refractivity contribution in [2.75, 3.05) is 18.5 Å². The first-order chi connectivity index (χ1) is 10.6. The standard InChI is InChI=1S/C17H17NO4/c1-13-6-5-7-14(10-13)18-16(19)11-22-17(20)12-21-15-8-3-2-4-9-15/h2-10H,11-12H2,1H3,(H,18,19). The third-order valence-electron chi connectivity index (χ3n) is 2.77. The number of aryl methyl sites for hydroxylation is 1. The van der Waals surface area contributed by atoms with E-state index in [-0.39, 0.29) is 13.2 Å². The fourth-order valence-electron chi connectivity index (χ4n) is 1.77. The van der Waals surface area contributed by atoms with Crippen molar-refractivity contribution >= 4 is 17.6 Å². The summed E-state index contributed by atoms with van der Waals surface area (Å²) in [5.41, 5.74) is 1.70. The highest BCUT2D eigenvalue weighted by Crippen LogP contribution is 2.09. The van der Waals surface area contributed by atoms with Gasteiger partial charge in [0.05, 0.1) is 0 Å². The van der Waals surface area contributed by atoms with Crippen LogP contribution in [0.2, 0.25) is 0 Å². The van der Waals surface area contributed by atoms with E-state index in [4.69, 9.17) is 9.47 Å². The summed E-state index contributed by atoms with van der Waals surface area (Å²) in [6.45, 7) is 1.35. The lowest BCUT2D eigenvalue weighted by atomic mass is 10.2. The number of benzene rings is 2. The second-order valence-electron chi connectivity index (χ2n) is 4.68. The molecule has 0 heterocycles. The van der Waals surface area contributed by atoms with E-state index < -0.39 is 11.9 Å². The van der Waals surface area contributed by atoms with Crippen LogP contribution in [0.3, 0.4) is 0 Å². The Morgan fingerprint density at radius 3 is 2.50 bits per heavy atom. The van der Waals surface area contributed by atoms with Crippen molar-refractivity contribution in [3.8, 4) is 5.75 Å². The molecule has 0 saturated carbocycles. The van der Waals surface area contributed by atoms with E-state index in [1.54, 1.807) is 30.3 Å². The molecule has 0 aliphatic rings. The van der Waals surface area contributed by atoms with Gasteiger partial charge in [0, 0.05) is 5.69 Å². The van der Waals surface area contributed by atoms with E-state index in [1.807, 2.05) is 31.2 Å². The molecular weight excluding hydrogens is 282 g/mol. The third-order valence-corrected chi connectivity index (χ3v) is 2.77. The van der Waals surface area contributed by atoms with Crippen molar-refractivity contribution in [3.05, 3.63) is 60.2 Å². The molecule has 0 radical (unpaired) electrons. The smallest absolute Gasteiger partial charge is 0.344 e. The van der Waals surface area contributed by atoms with Gasteiger partial charge in [0.1, 0.15) is 5.75 Å². The maximum atomic E-state index is 11.7. The molecule has 114 valence electrons. The monoisotopic (exact) mass is 299 g/mol. The number of rotatable bonds is 6. The molecule has 0 aliphatic carbocycles. The number of esters is 1. The average molecular weight is 299 g/mol. The van der Waals surface area contributed by atoms with Gasteiger partial charge >= 0.3 is 5.97 Å². The highest BCUT2D eigenvalue weighted by atomic mass is 16.6. The van der Waals surface area contributed by atoms with Crippen molar-refractivity contribution in [2.24, 2.45) is 0 Å². The summed E-state index contributed by atoms with van der Waals surface area (Å²) in [6.07, 6.45) is 0. The lowest BCUT2D eigenvalue weighted by Gasteiger charge is -2.08. The first kappa shape index (κ1) is 15.6. The quantitative estimate of drug-likeness (QED) is 0.833. The fourth-order valence-corrected chi connectivity index (χ4v) is 1.77. The number of carbonyl (C=O) groups is 2. The molecule has 0 fully saturated rings. The van der Waals surface area contributed by atoms with E-state index in [0.717, 1.165) is 5.56 Å². The second-order valence-corrected chi connectivity index (χ2v) is 4.68. The van der Waals surface area contributed by atoms with Gasteiger partial charge < -0.3 is 14.8 Å². The van der Waals surface area contributed by atoms with Crippen LogP contribution in [-0.4, -0.2) is 25.1 Å². The molecule has 5 heteroatoms. The van der Waals surface area contributed by atoms with Crippen molar-refractivity contribution in [2.45, 2.75) is 6.92 Å². The Morgan fingerprint density at radius 1 is 1.00 bits per heavy atom. The van der Waals surface area contributed by atoms with E-state index in [1.165, 1.54) is 0 Å². The summed E-state index contributed by atoms with van der Waals surface area (Å²) in [4.78, 5) is 23.2. The van der Waals surface area contributed by atoms with E-state index in [0.29, 0.717) is 11.4 Å². The topological polar surface area (TPSA) is 64.6 Å². The Morgan fingerprint density at radius 2 is 1.77 bits per heavy atom. The molecule has 5 nitrogen and oxygen atoms in total. The molecule has 0 unspecified atom stereocenters. The zero-order valence-corrected chi connectivity index (χ0v) is 12.2. The minimum absolute atomic E-state index is 0.234. The molecule has 0 aliphatic heterocycles. The zero-order chi connectivity index (χ0) is 15.8. The number of carbonyl (C=O) groups excluding carboxylic acids is 2. The Hall–Kier alpha value is -2.82. The van der Waals surface area contributed by atoms with Gasteiger partial charge in [-0.15, -0.1) is 0 Å². The number of hydrogen-bond donors (Lipinski definition) is 1. The molecule has 1 amide bonds. The van der Waals surface area contributed by atoms with E-state index in [9.17, 15) is 9.59 Å². The van der Waals surface area contributed by atoms with Crippen molar-refractivity contribution in [3.63, 3.8) is 0 Å². The molecule has 0 spiro atoms. The van der Waals surface area contributed by atoms with Crippen molar-refractivity contribution < 1.29 is 19.1 Å². The van der Waals surface area contributed by atoms with Crippen LogP contribution in [0, 0.1) is 6.92 Å². The SMILES string of the molecule is Cc1cccc(NC(=O)COC(=O)COc2ccccc2)c1. The number of ether oxygens (including phenoxy) is 2. The van der Waals surface area contributed by atoms with Crippen LogP contribution in [-0.2, 0) is 14.3 Å². The molecule has 0 aromatic heterocycles. The molecule has 2 rings (SSSR count). The fraction of sp³-hybridized carbons (Fsp3) is 0.176. The number of anilines is 1. The predicted octanol–water partition coefficient (Wildman–Crippen LogP) is 2.56. The molecule has 2 aromatic rings. The summed E-state index contributed by atoms with van der Waals surface area (Å²) in [5.74, 6) is -0.412. The molecule has 2 aromatic carbocycles. The van der Waals surface area contributed by atoms with Crippen LogP contribution >= 0.6 is 0 Å². The van der Waals surface area contributed by atoms with Gasteiger partial charge in [-0.25, -0.2) is 4.79 Å².